The second-order valence-corrected chi connectivity index (χ2v) is 4.63. The molecule has 0 radical (unpaired) electrons. The third-order valence-electron chi connectivity index (χ3n) is 3.29. The Hall–Kier alpha value is -1.53. The van der Waals surface area contributed by atoms with Gasteiger partial charge in [-0.2, -0.15) is 0 Å². The van der Waals surface area contributed by atoms with Gasteiger partial charge in [0.2, 0.25) is 5.91 Å². The molecule has 1 aromatic heterocycles. The van der Waals surface area contributed by atoms with Crippen LogP contribution < -0.4 is 16.4 Å². The number of primary amides is 1. The number of aromatic amines is 1. The molecule has 5 N–H and O–H groups in total. The van der Waals surface area contributed by atoms with E-state index in [1.54, 1.807) is 0 Å². The van der Waals surface area contributed by atoms with Gasteiger partial charge in [-0.3, -0.25) is 9.59 Å². The zero-order valence-electron chi connectivity index (χ0n) is 10.7. The summed E-state index contributed by atoms with van der Waals surface area (Å²) in [5.74, 6) is -0.749. The summed E-state index contributed by atoms with van der Waals surface area (Å²) in [6.45, 7) is 3.04. The van der Waals surface area contributed by atoms with E-state index in [4.69, 9.17) is 5.73 Å². The van der Waals surface area contributed by atoms with E-state index in [0.29, 0.717) is 11.3 Å². The molecule has 2 unspecified atom stereocenters. The summed E-state index contributed by atoms with van der Waals surface area (Å²) in [7, 11) is 0. The summed E-state index contributed by atoms with van der Waals surface area (Å²) in [6, 6.07) is 1.85. The van der Waals surface area contributed by atoms with Gasteiger partial charge in [0.15, 0.2) is 0 Å². The number of hydrogen-bond acceptors (Lipinski definition) is 3. The van der Waals surface area contributed by atoms with Crippen molar-refractivity contribution in [2.24, 2.45) is 5.73 Å². The molecule has 1 aliphatic rings. The lowest BCUT2D eigenvalue weighted by atomic mass is 10.00. The summed E-state index contributed by atoms with van der Waals surface area (Å²) in [5, 5.41) is 6.27. The lowest BCUT2D eigenvalue weighted by Gasteiger charge is -2.30. The van der Waals surface area contributed by atoms with Gasteiger partial charge in [0.05, 0.1) is 5.56 Å². The summed E-state index contributed by atoms with van der Waals surface area (Å²) < 4.78 is 0. The van der Waals surface area contributed by atoms with Crippen molar-refractivity contribution in [2.75, 3.05) is 6.54 Å². The molecule has 0 spiro atoms. The molecule has 0 bridgehead atoms. The number of H-pyrrole nitrogens is 1. The lowest BCUT2D eigenvalue weighted by molar-refractivity contribution is 0.0915. The van der Waals surface area contributed by atoms with Gasteiger partial charge in [0.25, 0.3) is 5.91 Å². The molecule has 1 saturated heterocycles. The van der Waals surface area contributed by atoms with E-state index in [-0.39, 0.29) is 30.4 Å². The number of piperidine rings is 1. The second-order valence-electron chi connectivity index (χ2n) is 4.63. The first-order chi connectivity index (χ1) is 8.58. The highest BCUT2D eigenvalue weighted by atomic mass is 35.5. The number of rotatable bonds is 3. The highest BCUT2D eigenvalue weighted by molar-refractivity contribution is 5.98. The van der Waals surface area contributed by atoms with Crippen molar-refractivity contribution in [3.8, 4) is 0 Å². The number of aromatic nitrogens is 1. The number of nitrogens with one attached hydrogen (secondary N) is 3. The summed E-state index contributed by atoms with van der Waals surface area (Å²) in [5.41, 5.74) is 5.81. The molecule has 0 aliphatic carbocycles. The number of nitrogens with two attached hydrogens (primary N) is 1. The summed E-state index contributed by atoms with van der Waals surface area (Å²) >= 11 is 0. The van der Waals surface area contributed by atoms with E-state index in [0.717, 1.165) is 19.4 Å². The predicted octanol–water partition coefficient (Wildman–Crippen LogP) is 0.406. The predicted molar refractivity (Wildman–Crippen MR) is 74.5 cm³/mol. The van der Waals surface area contributed by atoms with Crippen LogP contribution in [0.2, 0.25) is 0 Å². The standard InChI is InChI=1S/C12H18N4O2.ClH/c1-7-9(3-2-4-14-7)16-12(18)10-5-8(6-15-10)11(13)17;/h5-7,9,14-15H,2-4H2,1H3,(H2,13,17)(H,16,18);1H. The van der Waals surface area contributed by atoms with E-state index in [1.165, 1.54) is 12.3 Å². The van der Waals surface area contributed by atoms with Crippen molar-refractivity contribution in [2.45, 2.75) is 31.8 Å². The van der Waals surface area contributed by atoms with Crippen LogP contribution >= 0.6 is 12.4 Å². The van der Waals surface area contributed by atoms with Crippen LogP contribution in [0, 0.1) is 0 Å². The van der Waals surface area contributed by atoms with Gasteiger partial charge in [-0.25, -0.2) is 0 Å². The molecule has 1 aliphatic heterocycles. The van der Waals surface area contributed by atoms with Crippen molar-refractivity contribution in [1.82, 2.24) is 15.6 Å². The van der Waals surface area contributed by atoms with E-state index in [9.17, 15) is 9.59 Å². The van der Waals surface area contributed by atoms with E-state index < -0.39 is 5.91 Å². The number of halogens is 1. The van der Waals surface area contributed by atoms with Crippen LogP contribution in [0.1, 0.15) is 40.6 Å². The molecule has 1 fully saturated rings. The highest BCUT2D eigenvalue weighted by Gasteiger charge is 2.23. The Morgan fingerprint density at radius 2 is 2.21 bits per heavy atom. The fourth-order valence-corrected chi connectivity index (χ4v) is 2.15. The molecule has 7 heteroatoms. The molecule has 2 heterocycles. The monoisotopic (exact) mass is 286 g/mol. The fourth-order valence-electron chi connectivity index (χ4n) is 2.15. The highest BCUT2D eigenvalue weighted by Crippen LogP contribution is 2.10. The Kier molecular flexibility index (Phi) is 5.38. The first-order valence-electron chi connectivity index (χ1n) is 6.10. The molecule has 2 rings (SSSR count). The van der Waals surface area contributed by atoms with Gasteiger partial charge in [-0.05, 0) is 32.4 Å². The van der Waals surface area contributed by atoms with Gasteiger partial charge in [0, 0.05) is 18.3 Å². The zero-order valence-corrected chi connectivity index (χ0v) is 11.5. The average Bonchev–Trinajstić information content (AvgIpc) is 2.81. The number of amides is 2. The maximum atomic E-state index is 12.0. The first kappa shape index (κ1) is 15.5. The maximum absolute atomic E-state index is 12.0. The summed E-state index contributed by atoms with van der Waals surface area (Å²) in [6.07, 6.45) is 3.45. The SMILES string of the molecule is CC1NCCCC1NC(=O)c1cc(C(N)=O)c[nH]1.Cl. The Balaban J connectivity index is 0.00000180. The van der Waals surface area contributed by atoms with Crippen LogP contribution in [0.15, 0.2) is 12.3 Å². The minimum absolute atomic E-state index is 0. The molecule has 1 aromatic rings. The molecular weight excluding hydrogens is 268 g/mol. The van der Waals surface area contributed by atoms with Gasteiger partial charge < -0.3 is 21.4 Å². The Labute approximate surface area is 117 Å². The third kappa shape index (κ3) is 3.71. The normalized spacial score (nSPS) is 22.4. The van der Waals surface area contributed by atoms with Crippen LogP contribution in [0.5, 0.6) is 0 Å². The van der Waals surface area contributed by atoms with E-state index in [1.807, 2.05) is 6.92 Å². The molecule has 6 nitrogen and oxygen atoms in total. The van der Waals surface area contributed by atoms with Gasteiger partial charge in [-0.15, -0.1) is 12.4 Å². The molecule has 106 valence electrons. The number of carbonyl (C=O) groups is 2. The van der Waals surface area contributed by atoms with Crippen LogP contribution in [0.3, 0.4) is 0 Å². The number of carbonyl (C=O) groups excluding carboxylic acids is 2. The Bertz CT molecular complexity index is 460. The Morgan fingerprint density at radius 3 is 2.79 bits per heavy atom. The molecule has 0 aromatic carbocycles. The summed E-state index contributed by atoms with van der Waals surface area (Å²) in [4.78, 5) is 25.7. The van der Waals surface area contributed by atoms with Crippen LogP contribution in [0.25, 0.3) is 0 Å². The largest absolute Gasteiger partial charge is 0.366 e. The molecular formula is C12H19ClN4O2. The van der Waals surface area contributed by atoms with Crippen molar-refractivity contribution in [3.63, 3.8) is 0 Å². The minimum Gasteiger partial charge on any atom is -0.366 e. The molecule has 2 amide bonds. The van der Waals surface area contributed by atoms with Gasteiger partial charge in [-0.1, -0.05) is 0 Å². The first-order valence-corrected chi connectivity index (χ1v) is 6.10. The van der Waals surface area contributed by atoms with Crippen molar-refractivity contribution in [1.29, 1.82) is 0 Å². The van der Waals surface area contributed by atoms with E-state index >= 15 is 0 Å². The smallest absolute Gasteiger partial charge is 0.267 e. The average molecular weight is 287 g/mol. The van der Waals surface area contributed by atoms with Crippen molar-refractivity contribution >= 4 is 24.2 Å². The quantitative estimate of drug-likeness (QED) is 0.647. The topological polar surface area (TPSA) is 100 Å². The second kappa shape index (κ2) is 6.58. The number of hydrogen-bond donors (Lipinski definition) is 4. The molecule has 2 atom stereocenters. The molecule has 19 heavy (non-hydrogen) atoms. The van der Waals surface area contributed by atoms with Gasteiger partial charge in [0.1, 0.15) is 5.69 Å². The van der Waals surface area contributed by atoms with Gasteiger partial charge >= 0.3 is 0 Å². The zero-order chi connectivity index (χ0) is 13.1. The third-order valence-corrected chi connectivity index (χ3v) is 3.29. The molecule has 0 saturated carbocycles. The van der Waals surface area contributed by atoms with Crippen molar-refractivity contribution in [3.05, 3.63) is 23.5 Å². The Morgan fingerprint density at radius 1 is 1.47 bits per heavy atom. The van der Waals surface area contributed by atoms with Crippen LogP contribution in [0.4, 0.5) is 0 Å². The van der Waals surface area contributed by atoms with Crippen LogP contribution in [-0.4, -0.2) is 35.4 Å². The minimum atomic E-state index is -0.544. The van der Waals surface area contributed by atoms with Crippen LogP contribution in [-0.2, 0) is 0 Å². The fraction of sp³-hybridized carbons (Fsp3) is 0.500. The maximum Gasteiger partial charge on any atom is 0.267 e. The van der Waals surface area contributed by atoms with Crippen molar-refractivity contribution < 1.29 is 9.59 Å². The van der Waals surface area contributed by atoms with E-state index in [2.05, 4.69) is 15.6 Å². The lowest BCUT2D eigenvalue weighted by Crippen LogP contribution is -2.51.